The van der Waals surface area contributed by atoms with Crippen molar-refractivity contribution in [3.63, 3.8) is 0 Å². The molecule has 0 bridgehead atoms. The van der Waals surface area contributed by atoms with Gasteiger partial charge in [-0.05, 0) is 56.0 Å². The first-order valence-electron chi connectivity index (χ1n) is 12.2. The van der Waals surface area contributed by atoms with Crippen LogP contribution in [0.3, 0.4) is 0 Å². The number of piperidine rings is 1. The molecule has 0 radical (unpaired) electrons. The number of hydrogen-bond acceptors (Lipinski definition) is 5. The van der Waals surface area contributed by atoms with Crippen molar-refractivity contribution in [1.82, 2.24) is 9.88 Å². The second-order valence-corrected chi connectivity index (χ2v) is 10.8. The Kier molecular flexibility index (Phi) is 9.38. The second-order valence-electron chi connectivity index (χ2n) is 9.29. The molecule has 0 spiro atoms. The van der Waals surface area contributed by atoms with Crippen LogP contribution in [0.1, 0.15) is 31.0 Å². The molecule has 0 aliphatic carbocycles. The van der Waals surface area contributed by atoms with Gasteiger partial charge in [0.2, 0.25) is 0 Å². The molecule has 2 aromatic carbocycles. The summed E-state index contributed by atoms with van der Waals surface area (Å²) >= 11 is 7.30. The van der Waals surface area contributed by atoms with Crippen LogP contribution < -0.4 is 4.74 Å². The molecule has 38 heavy (non-hydrogen) atoms. The minimum Gasteiger partial charge on any atom is -0.497 e. The van der Waals surface area contributed by atoms with Gasteiger partial charge in [0.15, 0.2) is 11.6 Å². The summed E-state index contributed by atoms with van der Waals surface area (Å²) in [6, 6.07) is 6.59. The Hall–Kier alpha value is -2.56. The number of thioether (sulfide) groups is 1. The van der Waals surface area contributed by atoms with Gasteiger partial charge < -0.3 is 14.7 Å². The van der Waals surface area contributed by atoms with E-state index in [0.29, 0.717) is 60.0 Å². The maximum absolute atomic E-state index is 15.5. The lowest BCUT2D eigenvalue weighted by Crippen LogP contribution is -2.44. The molecule has 3 atom stereocenters. The van der Waals surface area contributed by atoms with Crippen LogP contribution in [0.25, 0.3) is 10.9 Å². The van der Waals surface area contributed by atoms with Crippen LogP contribution in [0.15, 0.2) is 41.4 Å². The number of methoxy groups -OCH3 is 1. The lowest BCUT2D eigenvalue weighted by Gasteiger charge is -2.36. The maximum Gasteiger partial charge on any atom is 0.308 e. The van der Waals surface area contributed by atoms with Crippen molar-refractivity contribution in [3.8, 4) is 5.75 Å². The molecule has 1 N–H and O–H groups in total. The Morgan fingerprint density at radius 2 is 2.08 bits per heavy atom. The highest BCUT2D eigenvalue weighted by Gasteiger charge is 2.34. The van der Waals surface area contributed by atoms with Gasteiger partial charge in [0.05, 0.1) is 23.6 Å². The Bertz CT molecular complexity index is 1320. The molecule has 3 aromatic rings. The summed E-state index contributed by atoms with van der Waals surface area (Å²) in [6.07, 6.45) is 1.02. The standard InChI is InChI=1S/C27H27ClF4N2O3S/c1-37-17-3-5-23-18(12-17)25(20(28)13-33-23)21(30)4-2-15-6-7-34(14-19(15)27(35)36)8-9-38-24-11-16(29)10-22(31)26(24)32/h3,5,10-13,15,19,21H,2,4,6-9,14H2,1H3,(H,35,36)/t15?,19?,21-/m1/s1. The van der Waals surface area contributed by atoms with Crippen molar-refractivity contribution in [2.75, 3.05) is 32.5 Å². The fourth-order valence-electron chi connectivity index (χ4n) is 4.94. The van der Waals surface area contributed by atoms with Gasteiger partial charge in [-0.25, -0.2) is 17.6 Å². The van der Waals surface area contributed by atoms with E-state index in [1.807, 2.05) is 4.90 Å². The highest BCUT2D eigenvalue weighted by atomic mass is 35.5. The zero-order chi connectivity index (χ0) is 27.4. The minimum atomic E-state index is -1.41. The Labute approximate surface area is 227 Å². The largest absolute Gasteiger partial charge is 0.497 e. The molecule has 0 saturated carbocycles. The van der Waals surface area contributed by atoms with Gasteiger partial charge in [0.1, 0.15) is 17.7 Å². The maximum atomic E-state index is 15.5. The van der Waals surface area contributed by atoms with E-state index in [-0.39, 0.29) is 28.8 Å². The van der Waals surface area contributed by atoms with E-state index in [1.54, 1.807) is 18.2 Å². The fraction of sp³-hybridized carbons (Fsp3) is 0.407. The van der Waals surface area contributed by atoms with E-state index in [0.717, 1.165) is 17.8 Å². The van der Waals surface area contributed by atoms with Gasteiger partial charge >= 0.3 is 5.97 Å². The molecule has 1 aromatic heterocycles. The van der Waals surface area contributed by atoms with Crippen LogP contribution in [0, 0.1) is 29.3 Å². The molecule has 0 amide bonds. The molecule has 1 aliphatic rings. The lowest BCUT2D eigenvalue weighted by molar-refractivity contribution is -0.146. The van der Waals surface area contributed by atoms with Crippen LogP contribution >= 0.6 is 23.4 Å². The minimum absolute atomic E-state index is 0.102. The number of carbonyl (C=O) groups is 1. The third-order valence-corrected chi connectivity index (χ3v) is 8.25. The molecule has 11 heteroatoms. The smallest absolute Gasteiger partial charge is 0.308 e. The third-order valence-electron chi connectivity index (χ3n) is 6.95. The van der Waals surface area contributed by atoms with E-state index >= 15 is 4.39 Å². The van der Waals surface area contributed by atoms with Gasteiger partial charge in [-0.2, -0.15) is 0 Å². The second kappa shape index (κ2) is 12.5. The molecule has 1 aliphatic heterocycles. The number of ether oxygens (including phenoxy) is 1. The molecule has 1 fully saturated rings. The van der Waals surface area contributed by atoms with Crippen molar-refractivity contribution >= 4 is 40.2 Å². The number of benzene rings is 2. The number of rotatable bonds is 10. The van der Waals surface area contributed by atoms with E-state index in [1.165, 1.54) is 13.3 Å². The number of carboxylic acids is 1. The highest BCUT2D eigenvalue weighted by molar-refractivity contribution is 7.99. The Morgan fingerprint density at radius 3 is 2.82 bits per heavy atom. The first kappa shape index (κ1) is 28.4. The van der Waals surface area contributed by atoms with Gasteiger partial charge in [0.25, 0.3) is 0 Å². The average Bonchev–Trinajstić information content (AvgIpc) is 2.89. The topological polar surface area (TPSA) is 62.7 Å². The number of fused-ring (bicyclic) bond motifs is 1. The number of alkyl halides is 1. The monoisotopic (exact) mass is 570 g/mol. The van der Waals surface area contributed by atoms with Crippen LogP contribution in [0.4, 0.5) is 17.6 Å². The van der Waals surface area contributed by atoms with Crippen LogP contribution in [0.5, 0.6) is 5.75 Å². The normalized spacial score (nSPS) is 19.0. The van der Waals surface area contributed by atoms with E-state index < -0.39 is 35.5 Å². The van der Waals surface area contributed by atoms with E-state index in [4.69, 9.17) is 16.3 Å². The average molecular weight is 571 g/mol. The number of halogens is 5. The molecule has 1 saturated heterocycles. The summed E-state index contributed by atoms with van der Waals surface area (Å²) in [5.74, 6) is -4.20. The van der Waals surface area contributed by atoms with Crippen molar-refractivity contribution in [1.29, 1.82) is 0 Å². The molecular formula is C27H27ClF4N2O3S. The number of hydrogen-bond donors (Lipinski definition) is 1. The summed E-state index contributed by atoms with van der Waals surface area (Å²) in [7, 11) is 1.52. The van der Waals surface area contributed by atoms with Gasteiger partial charge in [0, 0.05) is 47.0 Å². The molecule has 4 rings (SSSR count). The van der Waals surface area contributed by atoms with Crippen molar-refractivity contribution in [2.24, 2.45) is 11.8 Å². The number of aliphatic carboxylic acids is 1. The Morgan fingerprint density at radius 1 is 1.29 bits per heavy atom. The number of nitrogens with zero attached hydrogens (tertiary/aromatic N) is 2. The van der Waals surface area contributed by atoms with E-state index in [9.17, 15) is 23.1 Å². The third kappa shape index (κ3) is 6.52. The summed E-state index contributed by atoms with van der Waals surface area (Å²) < 4.78 is 61.5. The first-order chi connectivity index (χ1) is 18.2. The molecule has 2 unspecified atom stereocenters. The van der Waals surface area contributed by atoms with Gasteiger partial charge in [-0.1, -0.05) is 11.6 Å². The van der Waals surface area contributed by atoms with Crippen molar-refractivity contribution in [2.45, 2.75) is 30.3 Å². The molecule has 204 valence electrons. The first-order valence-corrected chi connectivity index (χ1v) is 13.5. The molecule has 2 heterocycles. The van der Waals surface area contributed by atoms with Gasteiger partial charge in [-0.3, -0.25) is 9.78 Å². The summed E-state index contributed by atoms with van der Waals surface area (Å²) in [5.41, 5.74) is 0.904. The predicted octanol–water partition coefficient (Wildman–Crippen LogP) is 6.92. The summed E-state index contributed by atoms with van der Waals surface area (Å²) in [4.78, 5) is 18.1. The molecular weight excluding hydrogens is 544 g/mol. The summed E-state index contributed by atoms with van der Waals surface area (Å²) in [6.45, 7) is 1.26. The summed E-state index contributed by atoms with van der Waals surface area (Å²) in [5, 5.41) is 10.6. The SMILES string of the molecule is COc1ccc2ncc(Cl)c([C@H](F)CCC3CCN(CCSc4cc(F)cc(F)c4F)CC3C(=O)O)c2c1. The van der Waals surface area contributed by atoms with Crippen LogP contribution in [0.2, 0.25) is 5.02 Å². The highest BCUT2D eigenvalue weighted by Crippen LogP contribution is 2.38. The van der Waals surface area contributed by atoms with Crippen molar-refractivity contribution in [3.05, 3.63) is 64.6 Å². The fourth-order valence-corrected chi connectivity index (χ4v) is 6.20. The van der Waals surface area contributed by atoms with E-state index in [2.05, 4.69) is 4.98 Å². The number of likely N-dealkylation sites (tertiary alicyclic amines) is 1. The van der Waals surface area contributed by atoms with Crippen molar-refractivity contribution < 1.29 is 32.2 Å². The predicted molar refractivity (Wildman–Crippen MR) is 139 cm³/mol. The van der Waals surface area contributed by atoms with Crippen LogP contribution in [-0.4, -0.2) is 53.5 Å². The number of aromatic nitrogens is 1. The van der Waals surface area contributed by atoms with Gasteiger partial charge in [-0.15, -0.1) is 11.8 Å². The Balaban J connectivity index is 1.36. The number of carboxylic acid groups (broad SMARTS) is 1. The lowest BCUT2D eigenvalue weighted by atomic mass is 9.81. The molecule has 5 nitrogen and oxygen atoms in total. The zero-order valence-corrected chi connectivity index (χ0v) is 22.2. The number of pyridine rings is 1. The zero-order valence-electron chi connectivity index (χ0n) is 20.6. The quantitative estimate of drug-likeness (QED) is 0.162. The van der Waals surface area contributed by atoms with Crippen LogP contribution in [-0.2, 0) is 4.79 Å².